The first-order chi connectivity index (χ1) is 11.4. The highest BCUT2D eigenvalue weighted by molar-refractivity contribution is 5.38. The maximum atomic E-state index is 12.2. The Kier molecular flexibility index (Phi) is 4.35. The number of hydrogen-bond acceptors (Lipinski definition) is 7. The number of nitrogens with zero attached hydrogens (tertiary/aromatic N) is 1. The van der Waals surface area contributed by atoms with Gasteiger partial charge in [-0.05, 0) is 13.8 Å². The Hall–Kier alpha value is -1.94. The van der Waals surface area contributed by atoms with Gasteiger partial charge in [-0.1, -0.05) is 6.08 Å². The highest BCUT2D eigenvalue weighted by atomic mass is 16.8. The molecule has 1 aromatic rings. The van der Waals surface area contributed by atoms with E-state index in [9.17, 15) is 14.7 Å². The van der Waals surface area contributed by atoms with Gasteiger partial charge in [-0.15, -0.1) is 6.58 Å². The molecule has 0 spiro atoms. The van der Waals surface area contributed by atoms with Gasteiger partial charge in [-0.2, -0.15) is 0 Å². The van der Waals surface area contributed by atoms with Crippen LogP contribution >= 0.6 is 0 Å². The summed E-state index contributed by atoms with van der Waals surface area (Å²) in [6.07, 6.45) is 0.454. The van der Waals surface area contributed by atoms with Crippen molar-refractivity contribution in [2.24, 2.45) is 0 Å². The van der Waals surface area contributed by atoms with Crippen LogP contribution < -0.4 is 16.6 Å². The van der Waals surface area contributed by atoms with E-state index in [4.69, 9.17) is 14.2 Å². The SMILES string of the molecule is C=CCNc1cn([C@@H]2O[C@H](CO)C3OC(C)(C)O[C@@H]32)c(=O)[nH]c1=O. The molecule has 4 atom stereocenters. The van der Waals surface area contributed by atoms with Gasteiger partial charge >= 0.3 is 5.69 Å². The second-order valence-electron chi connectivity index (χ2n) is 6.19. The molecule has 2 aliphatic rings. The Morgan fingerprint density at radius 2 is 2.12 bits per heavy atom. The summed E-state index contributed by atoms with van der Waals surface area (Å²) in [6, 6.07) is 0. The van der Waals surface area contributed by atoms with E-state index < -0.39 is 41.6 Å². The number of hydrogen-bond donors (Lipinski definition) is 3. The normalized spacial score (nSPS) is 31.0. The van der Waals surface area contributed by atoms with E-state index in [0.29, 0.717) is 6.54 Å². The molecular weight excluding hydrogens is 318 g/mol. The van der Waals surface area contributed by atoms with Crippen molar-refractivity contribution in [3.63, 3.8) is 0 Å². The summed E-state index contributed by atoms with van der Waals surface area (Å²) in [4.78, 5) is 26.3. The number of aliphatic hydroxyl groups excluding tert-OH is 1. The Labute approximate surface area is 137 Å². The molecule has 9 nitrogen and oxygen atoms in total. The van der Waals surface area contributed by atoms with E-state index in [1.165, 1.54) is 10.8 Å². The average Bonchev–Trinajstić information content (AvgIpc) is 2.99. The first kappa shape index (κ1) is 16.9. The van der Waals surface area contributed by atoms with E-state index in [1.54, 1.807) is 19.9 Å². The van der Waals surface area contributed by atoms with Crippen LogP contribution in [0.5, 0.6) is 0 Å². The van der Waals surface area contributed by atoms with Crippen molar-refractivity contribution in [1.82, 2.24) is 9.55 Å². The van der Waals surface area contributed by atoms with E-state index in [-0.39, 0.29) is 12.3 Å². The van der Waals surface area contributed by atoms with Crippen LogP contribution in [0.25, 0.3) is 0 Å². The molecular formula is C15H21N3O6. The highest BCUT2D eigenvalue weighted by Gasteiger charge is 2.55. The van der Waals surface area contributed by atoms with Gasteiger partial charge in [0.1, 0.15) is 24.0 Å². The summed E-state index contributed by atoms with van der Waals surface area (Å²) < 4.78 is 18.6. The smallest absolute Gasteiger partial charge is 0.330 e. The largest absolute Gasteiger partial charge is 0.394 e. The molecule has 2 saturated heterocycles. The molecule has 0 aliphatic carbocycles. The first-order valence-corrected chi connectivity index (χ1v) is 7.68. The number of rotatable bonds is 5. The van der Waals surface area contributed by atoms with Crippen molar-refractivity contribution in [2.45, 2.75) is 44.2 Å². The molecule has 24 heavy (non-hydrogen) atoms. The number of aromatic amines is 1. The van der Waals surface area contributed by atoms with Gasteiger partial charge < -0.3 is 24.6 Å². The molecule has 3 rings (SSSR count). The molecule has 0 amide bonds. The number of nitrogens with one attached hydrogen (secondary N) is 2. The van der Waals surface area contributed by atoms with Crippen molar-refractivity contribution < 1.29 is 19.3 Å². The maximum absolute atomic E-state index is 12.2. The summed E-state index contributed by atoms with van der Waals surface area (Å²) in [5, 5.41) is 12.4. The minimum absolute atomic E-state index is 0.209. The van der Waals surface area contributed by atoms with Gasteiger partial charge in [0.2, 0.25) is 0 Å². The molecule has 0 radical (unpaired) electrons. The zero-order valence-electron chi connectivity index (χ0n) is 13.5. The van der Waals surface area contributed by atoms with Crippen molar-refractivity contribution in [2.75, 3.05) is 18.5 Å². The van der Waals surface area contributed by atoms with E-state index >= 15 is 0 Å². The monoisotopic (exact) mass is 339 g/mol. The second kappa shape index (κ2) is 6.17. The molecule has 1 unspecified atom stereocenters. The number of ether oxygens (including phenoxy) is 3. The Balaban J connectivity index is 1.97. The van der Waals surface area contributed by atoms with Gasteiger partial charge in [-0.25, -0.2) is 4.79 Å². The fourth-order valence-corrected chi connectivity index (χ4v) is 3.01. The number of H-pyrrole nitrogens is 1. The van der Waals surface area contributed by atoms with Crippen LogP contribution in [-0.4, -0.2) is 51.9 Å². The molecule has 3 N–H and O–H groups in total. The summed E-state index contributed by atoms with van der Waals surface area (Å²) in [7, 11) is 0. The number of fused-ring (bicyclic) bond motifs is 1. The van der Waals surface area contributed by atoms with Crippen LogP contribution in [0.4, 0.5) is 5.69 Å². The second-order valence-corrected chi connectivity index (χ2v) is 6.19. The van der Waals surface area contributed by atoms with Crippen molar-refractivity contribution in [3.8, 4) is 0 Å². The predicted molar refractivity (Wildman–Crippen MR) is 84.8 cm³/mol. The van der Waals surface area contributed by atoms with Gasteiger partial charge in [0, 0.05) is 12.7 Å². The topological polar surface area (TPSA) is 115 Å². The van der Waals surface area contributed by atoms with Crippen LogP contribution in [0, 0.1) is 0 Å². The van der Waals surface area contributed by atoms with E-state index in [1.807, 2.05) is 0 Å². The number of anilines is 1. The lowest BCUT2D eigenvalue weighted by Gasteiger charge is -2.24. The molecule has 0 saturated carbocycles. The first-order valence-electron chi connectivity index (χ1n) is 7.68. The minimum Gasteiger partial charge on any atom is -0.394 e. The summed E-state index contributed by atoms with van der Waals surface area (Å²) in [6.45, 7) is 7.18. The number of aromatic nitrogens is 2. The van der Waals surface area contributed by atoms with Gasteiger partial charge in [0.05, 0.1) is 6.61 Å². The zero-order chi connectivity index (χ0) is 17.5. The van der Waals surface area contributed by atoms with E-state index in [0.717, 1.165) is 0 Å². The molecule has 3 heterocycles. The van der Waals surface area contributed by atoms with Crippen molar-refractivity contribution in [1.29, 1.82) is 0 Å². The van der Waals surface area contributed by atoms with Crippen LogP contribution in [0.1, 0.15) is 20.1 Å². The number of aliphatic hydroxyl groups is 1. The lowest BCUT2D eigenvalue weighted by Crippen LogP contribution is -2.38. The van der Waals surface area contributed by atoms with Crippen LogP contribution in [0.3, 0.4) is 0 Å². The molecule has 132 valence electrons. The standard InChI is InChI=1S/C15H21N3O6/c1-4-5-16-8-6-18(14(21)17-12(8)20)13-11-10(9(7-19)22-13)23-15(2,3)24-11/h4,6,9-11,13,16,19H,1,5,7H2,2-3H3,(H,17,20,21)/t9-,10?,11+,13-/m1/s1. The fourth-order valence-electron chi connectivity index (χ4n) is 3.01. The molecule has 0 bridgehead atoms. The fraction of sp³-hybridized carbons (Fsp3) is 0.600. The summed E-state index contributed by atoms with van der Waals surface area (Å²) in [5.74, 6) is -0.847. The van der Waals surface area contributed by atoms with Crippen molar-refractivity contribution >= 4 is 5.69 Å². The molecule has 9 heteroatoms. The molecule has 2 aliphatic heterocycles. The Bertz CT molecular complexity index is 739. The summed E-state index contributed by atoms with van der Waals surface area (Å²) >= 11 is 0. The lowest BCUT2D eigenvalue weighted by atomic mass is 10.1. The Morgan fingerprint density at radius 3 is 2.79 bits per heavy atom. The zero-order valence-corrected chi connectivity index (χ0v) is 13.5. The minimum atomic E-state index is -0.847. The van der Waals surface area contributed by atoms with E-state index in [2.05, 4.69) is 16.9 Å². The summed E-state index contributed by atoms with van der Waals surface area (Å²) in [5.41, 5.74) is -0.949. The molecule has 0 aromatic carbocycles. The average molecular weight is 339 g/mol. The Morgan fingerprint density at radius 1 is 1.42 bits per heavy atom. The van der Waals surface area contributed by atoms with Gasteiger partial charge in [0.25, 0.3) is 5.56 Å². The third kappa shape index (κ3) is 2.91. The lowest BCUT2D eigenvalue weighted by molar-refractivity contribution is -0.200. The molecule has 1 aromatic heterocycles. The predicted octanol–water partition coefficient (Wildman–Crippen LogP) is -0.456. The van der Waals surface area contributed by atoms with Crippen LogP contribution in [-0.2, 0) is 14.2 Å². The van der Waals surface area contributed by atoms with Crippen LogP contribution in [0.2, 0.25) is 0 Å². The maximum Gasteiger partial charge on any atom is 0.330 e. The van der Waals surface area contributed by atoms with Gasteiger partial charge in [0.15, 0.2) is 12.0 Å². The van der Waals surface area contributed by atoms with Crippen LogP contribution in [0.15, 0.2) is 28.4 Å². The van der Waals surface area contributed by atoms with Gasteiger partial charge in [-0.3, -0.25) is 14.3 Å². The third-order valence-corrected chi connectivity index (χ3v) is 3.98. The highest BCUT2D eigenvalue weighted by Crippen LogP contribution is 2.42. The quantitative estimate of drug-likeness (QED) is 0.622. The molecule has 2 fully saturated rings. The third-order valence-electron chi connectivity index (χ3n) is 3.98. The van der Waals surface area contributed by atoms with Crippen molar-refractivity contribution in [3.05, 3.63) is 39.7 Å².